The summed E-state index contributed by atoms with van der Waals surface area (Å²) in [7, 11) is 0. The summed E-state index contributed by atoms with van der Waals surface area (Å²) in [5, 5.41) is 15.6. The molecule has 0 radical (unpaired) electrons. The fourth-order valence-electron chi connectivity index (χ4n) is 1.80. The van der Waals surface area contributed by atoms with Crippen molar-refractivity contribution in [1.29, 1.82) is 0 Å². The Hall–Kier alpha value is -2.23. The first-order valence-electron chi connectivity index (χ1n) is 6.48. The first kappa shape index (κ1) is 15.2. The molecule has 0 spiro atoms. The van der Waals surface area contributed by atoms with Gasteiger partial charge in [-0.1, -0.05) is 29.3 Å². The van der Waals surface area contributed by atoms with E-state index in [0.29, 0.717) is 28.2 Å². The molecule has 0 saturated carbocycles. The minimum Gasteiger partial charge on any atom is -0.384 e. The van der Waals surface area contributed by atoms with Crippen LogP contribution < -0.4 is 5.32 Å². The predicted octanol–water partition coefficient (Wildman–Crippen LogP) is 2.01. The Bertz CT molecular complexity index is 713. The van der Waals surface area contributed by atoms with E-state index in [9.17, 15) is 4.79 Å². The lowest BCUT2D eigenvalue weighted by molar-refractivity contribution is 0.102. The molecule has 1 amide bonds. The van der Waals surface area contributed by atoms with Crippen LogP contribution in [-0.2, 0) is 6.42 Å². The maximum atomic E-state index is 12.3. The second-order valence-electron chi connectivity index (χ2n) is 4.37. The van der Waals surface area contributed by atoms with Crippen molar-refractivity contribution in [2.24, 2.45) is 0 Å². The first-order valence-corrected chi connectivity index (χ1v) is 7.26. The van der Waals surface area contributed by atoms with Crippen LogP contribution in [0.3, 0.4) is 0 Å². The van der Waals surface area contributed by atoms with Crippen LogP contribution in [0.25, 0.3) is 0 Å². The van der Waals surface area contributed by atoms with Gasteiger partial charge in [-0.25, -0.2) is 0 Å². The minimum absolute atomic E-state index is 0.222. The maximum Gasteiger partial charge on any atom is 0.269 e. The molecule has 5 nitrogen and oxygen atoms in total. The van der Waals surface area contributed by atoms with E-state index in [2.05, 4.69) is 26.7 Å². The number of aliphatic hydroxyl groups excluding tert-OH is 1. The Kier molecular flexibility index (Phi) is 5.04. The summed E-state index contributed by atoms with van der Waals surface area (Å²) in [6.45, 7) is 3.64. The number of anilines is 1. The van der Waals surface area contributed by atoms with E-state index in [1.807, 2.05) is 32.0 Å². The van der Waals surface area contributed by atoms with E-state index in [0.717, 1.165) is 17.1 Å². The molecular formula is C15H15N3O2S. The third-order valence-corrected chi connectivity index (χ3v) is 3.59. The van der Waals surface area contributed by atoms with Gasteiger partial charge >= 0.3 is 0 Å². The lowest BCUT2D eigenvalue weighted by Crippen LogP contribution is -2.13. The predicted molar refractivity (Wildman–Crippen MR) is 82.4 cm³/mol. The summed E-state index contributed by atoms with van der Waals surface area (Å²) in [6.07, 6.45) is 0.657. The zero-order chi connectivity index (χ0) is 15.2. The van der Waals surface area contributed by atoms with Crippen molar-refractivity contribution in [3.05, 3.63) is 39.9 Å². The van der Waals surface area contributed by atoms with Gasteiger partial charge < -0.3 is 10.4 Å². The van der Waals surface area contributed by atoms with Crippen molar-refractivity contribution in [3.8, 4) is 11.8 Å². The Morgan fingerprint density at radius 1 is 1.48 bits per heavy atom. The van der Waals surface area contributed by atoms with E-state index < -0.39 is 0 Å². The number of carbonyl (C=O) groups excluding carboxylic acids is 1. The molecule has 0 fully saturated rings. The molecule has 2 aromatic rings. The maximum absolute atomic E-state index is 12.3. The number of aliphatic hydroxyl groups is 1. The molecule has 0 aliphatic heterocycles. The minimum atomic E-state index is -0.237. The fraction of sp³-hybridized carbons (Fsp3) is 0.267. The number of carbonyl (C=O) groups is 1. The zero-order valence-corrected chi connectivity index (χ0v) is 12.6. The van der Waals surface area contributed by atoms with Gasteiger partial charge in [-0.05, 0) is 42.6 Å². The van der Waals surface area contributed by atoms with Gasteiger partial charge in [-0.2, -0.15) is 0 Å². The summed E-state index contributed by atoms with van der Waals surface area (Å²) in [6, 6.07) is 5.57. The molecule has 0 bridgehead atoms. The number of hydrogen-bond donors (Lipinski definition) is 2. The molecule has 2 N–H and O–H groups in total. The largest absolute Gasteiger partial charge is 0.384 e. The molecule has 0 saturated heterocycles. The molecule has 1 aromatic heterocycles. The van der Waals surface area contributed by atoms with Crippen LogP contribution in [0.1, 0.15) is 33.4 Å². The van der Waals surface area contributed by atoms with Crippen LogP contribution in [-0.4, -0.2) is 27.2 Å². The summed E-state index contributed by atoms with van der Waals surface area (Å²) in [4.78, 5) is 12.8. The lowest BCUT2D eigenvalue weighted by atomic mass is 10.1. The van der Waals surface area contributed by atoms with Gasteiger partial charge in [-0.15, -0.1) is 5.10 Å². The standard InChI is InChI=1S/C15H15N3O2S/c1-3-12-14(21-18-17-12)15(20)16-13-9-10(2)6-7-11(13)5-4-8-19/h6-7,9,19H,3,8H2,1-2H3,(H,16,20). The Morgan fingerprint density at radius 3 is 3.00 bits per heavy atom. The summed E-state index contributed by atoms with van der Waals surface area (Å²) < 4.78 is 3.82. The second-order valence-corrected chi connectivity index (χ2v) is 5.12. The van der Waals surface area contributed by atoms with E-state index in [1.54, 1.807) is 0 Å². The SMILES string of the molecule is CCc1nnsc1C(=O)Nc1cc(C)ccc1C#CCO. The molecule has 1 heterocycles. The number of rotatable bonds is 3. The first-order chi connectivity index (χ1) is 10.2. The van der Waals surface area contributed by atoms with Crippen LogP contribution in [0.4, 0.5) is 5.69 Å². The number of benzene rings is 1. The fourth-order valence-corrected chi connectivity index (χ4v) is 2.44. The number of nitrogens with one attached hydrogen (secondary N) is 1. The average Bonchev–Trinajstić information content (AvgIpc) is 2.95. The zero-order valence-electron chi connectivity index (χ0n) is 11.8. The lowest BCUT2D eigenvalue weighted by Gasteiger charge is -2.08. The number of hydrogen-bond acceptors (Lipinski definition) is 5. The normalized spacial score (nSPS) is 9.86. The molecule has 6 heteroatoms. The van der Waals surface area contributed by atoms with Gasteiger partial charge in [0.15, 0.2) is 0 Å². The van der Waals surface area contributed by atoms with Gasteiger partial charge in [0.05, 0.1) is 11.4 Å². The van der Waals surface area contributed by atoms with Crippen LogP contribution in [0, 0.1) is 18.8 Å². The monoisotopic (exact) mass is 301 g/mol. The molecule has 0 aliphatic carbocycles. The molecule has 21 heavy (non-hydrogen) atoms. The van der Waals surface area contributed by atoms with Crippen LogP contribution in [0.15, 0.2) is 18.2 Å². The highest BCUT2D eigenvalue weighted by atomic mass is 32.1. The topological polar surface area (TPSA) is 75.1 Å². The number of nitrogens with zero attached hydrogens (tertiary/aromatic N) is 2. The van der Waals surface area contributed by atoms with E-state index in [4.69, 9.17) is 5.11 Å². The highest BCUT2D eigenvalue weighted by molar-refractivity contribution is 7.08. The molecule has 1 aromatic carbocycles. The number of aryl methyl sites for hydroxylation is 2. The van der Waals surface area contributed by atoms with Crippen molar-refractivity contribution in [3.63, 3.8) is 0 Å². The molecule has 0 unspecified atom stereocenters. The van der Waals surface area contributed by atoms with E-state index >= 15 is 0 Å². The van der Waals surface area contributed by atoms with Gasteiger partial charge in [0, 0.05) is 5.56 Å². The van der Waals surface area contributed by atoms with Gasteiger partial charge in [0.2, 0.25) is 0 Å². The van der Waals surface area contributed by atoms with Crippen molar-refractivity contribution in [2.75, 3.05) is 11.9 Å². The third kappa shape index (κ3) is 3.66. The van der Waals surface area contributed by atoms with Gasteiger partial charge in [-0.3, -0.25) is 4.79 Å². The van der Waals surface area contributed by atoms with Crippen LogP contribution >= 0.6 is 11.5 Å². The molecule has 0 atom stereocenters. The molecule has 0 aliphatic rings. The molecular weight excluding hydrogens is 286 g/mol. The second kappa shape index (κ2) is 6.97. The van der Waals surface area contributed by atoms with E-state index in [1.165, 1.54) is 0 Å². The smallest absolute Gasteiger partial charge is 0.269 e. The quantitative estimate of drug-likeness (QED) is 0.850. The van der Waals surface area contributed by atoms with Gasteiger partial charge in [0.25, 0.3) is 5.91 Å². The number of amides is 1. The highest BCUT2D eigenvalue weighted by Gasteiger charge is 2.16. The molecule has 2 rings (SSSR count). The molecule has 108 valence electrons. The highest BCUT2D eigenvalue weighted by Crippen LogP contribution is 2.19. The van der Waals surface area contributed by atoms with E-state index in [-0.39, 0.29) is 12.5 Å². The Balaban J connectivity index is 2.30. The summed E-state index contributed by atoms with van der Waals surface area (Å²) in [5.74, 6) is 5.18. The number of aromatic nitrogens is 2. The van der Waals surface area contributed by atoms with Crippen LogP contribution in [0.2, 0.25) is 0 Å². The van der Waals surface area contributed by atoms with Gasteiger partial charge in [0.1, 0.15) is 11.5 Å². The van der Waals surface area contributed by atoms with Crippen molar-refractivity contribution < 1.29 is 9.90 Å². The summed E-state index contributed by atoms with van der Waals surface area (Å²) >= 11 is 1.08. The van der Waals surface area contributed by atoms with Crippen molar-refractivity contribution in [2.45, 2.75) is 20.3 Å². The third-order valence-electron chi connectivity index (χ3n) is 2.82. The van der Waals surface area contributed by atoms with Crippen molar-refractivity contribution >= 4 is 23.1 Å². The average molecular weight is 301 g/mol. The Morgan fingerprint density at radius 2 is 2.29 bits per heavy atom. The van der Waals surface area contributed by atoms with Crippen molar-refractivity contribution in [1.82, 2.24) is 9.59 Å². The van der Waals surface area contributed by atoms with Crippen LogP contribution in [0.5, 0.6) is 0 Å². The Labute approximate surface area is 127 Å². The summed E-state index contributed by atoms with van der Waals surface area (Å²) in [5.41, 5.74) is 2.99.